The van der Waals surface area contributed by atoms with Crippen molar-refractivity contribution in [2.75, 3.05) is 19.8 Å². The Labute approximate surface area is 180 Å². The van der Waals surface area contributed by atoms with Crippen molar-refractivity contribution >= 4 is 15.6 Å². The highest BCUT2D eigenvalue weighted by molar-refractivity contribution is 6.36. The Hall–Kier alpha value is -2.71. The van der Waals surface area contributed by atoms with Gasteiger partial charge >= 0.3 is 9.53 Å². The monoisotopic (exact) mass is 422 g/mol. The van der Waals surface area contributed by atoms with Gasteiger partial charge in [0.1, 0.15) is 0 Å². The summed E-state index contributed by atoms with van der Waals surface area (Å²) in [5.41, 5.74) is 4.48. The summed E-state index contributed by atoms with van der Waals surface area (Å²) in [7, 11) is -1.40. The number of aromatic nitrogens is 3. The van der Waals surface area contributed by atoms with Crippen molar-refractivity contribution in [2.24, 2.45) is 0 Å². The average molecular weight is 423 g/mol. The minimum atomic E-state index is -1.40. The quantitative estimate of drug-likeness (QED) is 0.456. The summed E-state index contributed by atoms with van der Waals surface area (Å²) in [5.74, 6) is 0. The second kappa shape index (κ2) is 13.5. The van der Waals surface area contributed by atoms with Crippen LogP contribution in [-0.2, 0) is 13.3 Å². The lowest BCUT2D eigenvalue weighted by Crippen LogP contribution is -2.27. The maximum Gasteiger partial charge on any atom is 0.577 e. The van der Waals surface area contributed by atoms with Crippen molar-refractivity contribution in [1.29, 1.82) is 0 Å². The fraction of sp³-hybridized carbons (Fsp3) is 0.261. The summed E-state index contributed by atoms with van der Waals surface area (Å²) in [6.07, 6.45) is 7.11. The fourth-order valence-electron chi connectivity index (χ4n) is 2.59. The van der Waals surface area contributed by atoms with Crippen LogP contribution in [0.5, 0.6) is 0 Å². The summed E-state index contributed by atoms with van der Waals surface area (Å²) in [6, 6.07) is 13.6. The lowest BCUT2D eigenvalue weighted by molar-refractivity contribution is 0.107. The third-order valence-corrected chi connectivity index (χ3v) is 5.39. The zero-order chi connectivity index (χ0) is 21.6. The van der Waals surface area contributed by atoms with E-state index in [-0.39, 0.29) is 0 Å². The highest BCUT2D eigenvalue weighted by atomic mass is 28.3. The van der Waals surface area contributed by atoms with Gasteiger partial charge in [-0.05, 0) is 51.1 Å². The zero-order valence-corrected chi connectivity index (χ0v) is 18.7. The van der Waals surface area contributed by atoms with Gasteiger partial charge in [-0.2, -0.15) is 0 Å². The third kappa shape index (κ3) is 6.96. The van der Waals surface area contributed by atoms with Gasteiger partial charge in [-0.1, -0.05) is 24.8 Å². The van der Waals surface area contributed by atoms with Crippen LogP contribution in [0, 0.1) is 0 Å². The van der Waals surface area contributed by atoms with Crippen molar-refractivity contribution in [3.05, 3.63) is 73.2 Å². The van der Waals surface area contributed by atoms with Gasteiger partial charge in [-0.15, -0.1) is 0 Å². The highest BCUT2D eigenvalue weighted by Gasteiger charge is 2.15. The normalized spacial score (nSPS) is 10.4. The van der Waals surface area contributed by atoms with Crippen LogP contribution >= 0.6 is 0 Å². The maximum atomic E-state index is 5.18. The topological polar surface area (TPSA) is 66.4 Å². The molecule has 157 valence electrons. The van der Waals surface area contributed by atoms with E-state index in [2.05, 4.69) is 21.5 Å². The lowest BCUT2D eigenvalue weighted by Gasteiger charge is -2.10. The fourth-order valence-corrected chi connectivity index (χ4v) is 3.55. The summed E-state index contributed by atoms with van der Waals surface area (Å²) in [5, 5.41) is 0. The van der Waals surface area contributed by atoms with Gasteiger partial charge in [-0.3, -0.25) is 15.0 Å². The zero-order valence-electron chi connectivity index (χ0n) is 17.7. The molecule has 3 heterocycles. The predicted molar refractivity (Wildman–Crippen MR) is 121 cm³/mol. The van der Waals surface area contributed by atoms with Crippen LogP contribution in [0.15, 0.2) is 67.6 Å². The molecule has 3 rings (SSSR count). The van der Waals surface area contributed by atoms with Crippen molar-refractivity contribution < 1.29 is 13.3 Å². The first-order valence-electron chi connectivity index (χ1n) is 9.94. The molecule has 0 saturated heterocycles. The molecule has 0 fully saturated rings. The molecule has 1 radical (unpaired) electrons. The van der Waals surface area contributed by atoms with Crippen LogP contribution in [0.3, 0.4) is 0 Å². The summed E-state index contributed by atoms with van der Waals surface area (Å²) in [4.78, 5) is 13.3. The van der Waals surface area contributed by atoms with E-state index in [0.717, 1.165) is 28.2 Å². The molecular formula is C23H28N3O3Si. The first-order chi connectivity index (χ1) is 14.7. The SMILES string of the molecule is C=Cc1cccnc1-c1cccnc1-c1ccccn1.CCO[Si](OCC)OCC. The standard InChI is InChI=1S/C17H13N3.C6H15O3Si/c1-2-13-7-5-11-19-16(13)14-8-6-12-20-17(14)15-9-3-4-10-18-15;1-4-7-10(8-5-2)9-6-3/h2-12H,1H2;4-6H2,1-3H3. The number of pyridine rings is 3. The van der Waals surface area contributed by atoms with Gasteiger partial charge in [-0.25, -0.2) is 0 Å². The summed E-state index contributed by atoms with van der Waals surface area (Å²) in [6.45, 7) is 11.6. The Morgan fingerprint density at radius 3 is 1.93 bits per heavy atom. The molecule has 0 unspecified atom stereocenters. The first-order valence-corrected chi connectivity index (χ1v) is 11.2. The molecule has 0 aliphatic heterocycles. The van der Waals surface area contributed by atoms with Crippen molar-refractivity contribution in [3.8, 4) is 22.6 Å². The lowest BCUT2D eigenvalue weighted by atomic mass is 10.0. The van der Waals surface area contributed by atoms with E-state index in [1.807, 2.05) is 63.2 Å². The number of hydrogen-bond acceptors (Lipinski definition) is 6. The van der Waals surface area contributed by atoms with Crippen LogP contribution in [0.2, 0.25) is 0 Å². The molecule has 0 atom stereocenters. The molecule has 0 saturated carbocycles. The molecule has 0 bridgehead atoms. The van der Waals surface area contributed by atoms with Gasteiger partial charge in [0.15, 0.2) is 0 Å². The molecule has 0 amide bonds. The van der Waals surface area contributed by atoms with Gasteiger partial charge < -0.3 is 13.3 Å². The van der Waals surface area contributed by atoms with Crippen LogP contribution in [-0.4, -0.2) is 44.3 Å². The second-order valence-corrected chi connectivity index (χ2v) is 7.17. The largest absolute Gasteiger partial charge is 0.577 e. The van der Waals surface area contributed by atoms with Gasteiger partial charge in [0.05, 0.1) is 17.1 Å². The minimum absolute atomic E-state index is 0.661. The molecule has 0 aliphatic carbocycles. The van der Waals surface area contributed by atoms with Crippen LogP contribution in [0.1, 0.15) is 26.3 Å². The van der Waals surface area contributed by atoms with Crippen LogP contribution < -0.4 is 0 Å². The highest BCUT2D eigenvalue weighted by Crippen LogP contribution is 2.29. The van der Waals surface area contributed by atoms with Crippen molar-refractivity contribution in [2.45, 2.75) is 20.8 Å². The molecule has 0 N–H and O–H groups in total. The molecule has 0 aromatic carbocycles. The number of hydrogen-bond donors (Lipinski definition) is 0. The number of rotatable bonds is 9. The molecule has 6 nitrogen and oxygen atoms in total. The average Bonchev–Trinajstić information content (AvgIpc) is 2.80. The maximum absolute atomic E-state index is 5.18. The van der Waals surface area contributed by atoms with Crippen LogP contribution in [0.25, 0.3) is 28.7 Å². The molecule has 7 heteroatoms. The van der Waals surface area contributed by atoms with Crippen molar-refractivity contribution in [1.82, 2.24) is 15.0 Å². The first kappa shape index (κ1) is 23.6. The van der Waals surface area contributed by atoms with Gasteiger partial charge in [0.25, 0.3) is 0 Å². The minimum Gasteiger partial charge on any atom is -0.371 e. The summed E-state index contributed by atoms with van der Waals surface area (Å²) < 4.78 is 15.5. The Bertz CT molecular complexity index is 879. The van der Waals surface area contributed by atoms with E-state index >= 15 is 0 Å². The van der Waals surface area contributed by atoms with Gasteiger partial charge in [0.2, 0.25) is 0 Å². The predicted octanol–water partition coefficient (Wildman–Crippen LogP) is 4.93. The molecule has 3 aromatic heterocycles. The molecule has 30 heavy (non-hydrogen) atoms. The van der Waals surface area contributed by atoms with Crippen LogP contribution in [0.4, 0.5) is 0 Å². The molecular weight excluding hydrogens is 394 g/mol. The third-order valence-electron chi connectivity index (χ3n) is 3.82. The molecule has 3 aromatic rings. The Balaban J connectivity index is 0.000000274. The van der Waals surface area contributed by atoms with E-state index in [4.69, 9.17) is 13.3 Å². The Morgan fingerprint density at radius 1 is 0.767 bits per heavy atom. The molecule has 0 spiro atoms. The van der Waals surface area contributed by atoms with E-state index in [0.29, 0.717) is 19.8 Å². The number of nitrogens with zero attached hydrogens (tertiary/aromatic N) is 3. The van der Waals surface area contributed by atoms with Crippen molar-refractivity contribution in [3.63, 3.8) is 0 Å². The van der Waals surface area contributed by atoms with E-state index in [1.54, 1.807) is 24.7 Å². The van der Waals surface area contributed by atoms with E-state index < -0.39 is 9.53 Å². The Kier molecular flexibility index (Phi) is 10.6. The molecule has 0 aliphatic rings. The van der Waals surface area contributed by atoms with E-state index in [1.165, 1.54) is 0 Å². The van der Waals surface area contributed by atoms with E-state index in [9.17, 15) is 0 Å². The smallest absolute Gasteiger partial charge is 0.371 e. The second-order valence-electron chi connectivity index (χ2n) is 5.81. The summed E-state index contributed by atoms with van der Waals surface area (Å²) >= 11 is 0. The van der Waals surface area contributed by atoms with Gasteiger partial charge in [0, 0.05) is 49.5 Å². The Morgan fingerprint density at radius 2 is 1.37 bits per heavy atom.